The van der Waals surface area contributed by atoms with Crippen LogP contribution in [0.15, 0.2) is 60.8 Å². The first-order valence-electron chi connectivity index (χ1n) is 8.21. The Morgan fingerprint density at radius 1 is 0.960 bits per heavy atom. The van der Waals surface area contributed by atoms with Crippen LogP contribution in [0.5, 0.6) is 0 Å². The van der Waals surface area contributed by atoms with Crippen molar-refractivity contribution in [1.29, 1.82) is 0 Å². The Kier molecular flexibility index (Phi) is 2.64. The molecule has 0 N–H and O–H groups in total. The van der Waals surface area contributed by atoms with Crippen molar-refractivity contribution >= 4 is 10.9 Å². The molecule has 3 heterocycles. The molecule has 0 saturated carbocycles. The molecule has 1 fully saturated rings. The molecule has 126 valence electrons. The van der Waals surface area contributed by atoms with Crippen LogP contribution in [0.25, 0.3) is 10.9 Å². The lowest BCUT2D eigenvalue weighted by Gasteiger charge is -2.40. The smallest absolute Gasteiger partial charge is 0.260 e. The molecule has 0 aliphatic carbocycles. The van der Waals surface area contributed by atoms with Crippen molar-refractivity contribution in [1.82, 2.24) is 10.0 Å². The predicted octanol–water partition coefficient (Wildman–Crippen LogP) is 4.57. The van der Waals surface area contributed by atoms with Crippen molar-refractivity contribution in [3.8, 4) is 0 Å². The molecule has 2 unspecified atom stereocenters. The van der Waals surface area contributed by atoms with Crippen molar-refractivity contribution in [3.05, 3.63) is 77.5 Å². The Labute approximate surface area is 143 Å². The summed E-state index contributed by atoms with van der Waals surface area (Å²) in [5, 5.41) is 2.37. The molecule has 3 nitrogen and oxygen atoms in total. The number of fused-ring (bicyclic) bond motifs is 4. The van der Waals surface area contributed by atoms with Gasteiger partial charge in [0, 0.05) is 28.3 Å². The molecule has 2 aromatic carbocycles. The van der Waals surface area contributed by atoms with Gasteiger partial charge in [-0.1, -0.05) is 42.5 Å². The van der Waals surface area contributed by atoms with Gasteiger partial charge in [0.05, 0.1) is 5.52 Å². The van der Waals surface area contributed by atoms with Gasteiger partial charge in [0.25, 0.3) is 5.92 Å². The molecule has 2 atom stereocenters. The summed E-state index contributed by atoms with van der Waals surface area (Å²) in [6.07, 6.45) is 1.72. The lowest BCUT2D eigenvalue weighted by atomic mass is 9.78. The van der Waals surface area contributed by atoms with Crippen LogP contribution in [0.4, 0.5) is 8.78 Å². The van der Waals surface area contributed by atoms with E-state index in [2.05, 4.69) is 4.98 Å². The highest BCUT2D eigenvalue weighted by Gasteiger charge is 2.75. The number of rotatable bonds is 1. The van der Waals surface area contributed by atoms with E-state index in [0.717, 1.165) is 16.5 Å². The largest absolute Gasteiger partial charge is 0.293 e. The summed E-state index contributed by atoms with van der Waals surface area (Å²) in [7, 11) is 0. The monoisotopic (exact) mass is 338 g/mol. The fourth-order valence-electron chi connectivity index (χ4n) is 3.87. The molecule has 0 amide bonds. The quantitative estimate of drug-likeness (QED) is 0.609. The van der Waals surface area contributed by atoms with Crippen LogP contribution in [0.3, 0.4) is 0 Å². The average Bonchev–Trinajstić information content (AvgIpc) is 3.38. The molecule has 0 spiro atoms. The van der Waals surface area contributed by atoms with Gasteiger partial charge in [-0.3, -0.25) is 9.82 Å². The zero-order valence-corrected chi connectivity index (χ0v) is 13.8. The molecule has 2 aliphatic rings. The third-order valence-electron chi connectivity index (χ3n) is 5.37. The Hall–Kier alpha value is -2.37. The lowest BCUT2D eigenvalue weighted by Crippen LogP contribution is -2.53. The van der Waals surface area contributed by atoms with Gasteiger partial charge in [0.2, 0.25) is 5.72 Å². The Balaban J connectivity index is 1.78. The van der Waals surface area contributed by atoms with E-state index in [-0.39, 0.29) is 5.56 Å². The molecular weight excluding hydrogens is 322 g/mol. The summed E-state index contributed by atoms with van der Waals surface area (Å²) in [6, 6.07) is 16.3. The fourth-order valence-corrected chi connectivity index (χ4v) is 3.87. The minimum atomic E-state index is -3.02. The third kappa shape index (κ3) is 1.67. The number of benzene rings is 2. The van der Waals surface area contributed by atoms with E-state index in [0.29, 0.717) is 5.56 Å². The van der Waals surface area contributed by atoms with Gasteiger partial charge in [-0.05, 0) is 26.0 Å². The number of hydrogen-bond donors (Lipinski definition) is 0. The zero-order valence-electron chi connectivity index (χ0n) is 13.8. The first-order valence-corrected chi connectivity index (χ1v) is 8.21. The van der Waals surface area contributed by atoms with Crippen molar-refractivity contribution in [3.63, 3.8) is 0 Å². The fraction of sp³-hybridized carbons (Fsp3) is 0.250. The molecule has 5 rings (SSSR count). The van der Waals surface area contributed by atoms with Gasteiger partial charge >= 0.3 is 0 Å². The molecule has 0 radical (unpaired) electrons. The van der Waals surface area contributed by atoms with Crippen LogP contribution >= 0.6 is 0 Å². The number of para-hydroxylation sites is 1. The van der Waals surface area contributed by atoms with Gasteiger partial charge in [-0.25, -0.2) is 0 Å². The molecule has 2 aliphatic heterocycles. The number of halogens is 2. The van der Waals surface area contributed by atoms with Crippen LogP contribution in [0.1, 0.15) is 30.5 Å². The lowest BCUT2D eigenvalue weighted by molar-refractivity contribution is -0.145. The maximum absolute atomic E-state index is 15.1. The van der Waals surface area contributed by atoms with Crippen LogP contribution in [0.2, 0.25) is 0 Å². The van der Waals surface area contributed by atoms with E-state index in [1.165, 1.54) is 25.0 Å². The standard InChI is InChI=1S/C20H16F2N2O/c1-18(2)20(21,22)16-9-5-4-8-15(16)19(24(18)25-19)14-11-13-7-3-6-10-17(13)23-12-14/h3-12H,1-2H3. The summed E-state index contributed by atoms with van der Waals surface area (Å²) >= 11 is 0. The van der Waals surface area contributed by atoms with Crippen LogP contribution in [0, 0.1) is 0 Å². The van der Waals surface area contributed by atoms with Crippen molar-refractivity contribution < 1.29 is 13.6 Å². The number of nitrogens with zero attached hydrogens (tertiary/aromatic N) is 2. The van der Waals surface area contributed by atoms with Gasteiger partial charge in [-0.2, -0.15) is 8.78 Å². The van der Waals surface area contributed by atoms with Crippen LogP contribution < -0.4 is 0 Å². The number of hydrogen-bond acceptors (Lipinski definition) is 3. The predicted molar refractivity (Wildman–Crippen MR) is 89.9 cm³/mol. The molecule has 5 heteroatoms. The van der Waals surface area contributed by atoms with E-state index < -0.39 is 17.2 Å². The minimum Gasteiger partial charge on any atom is -0.260 e. The third-order valence-corrected chi connectivity index (χ3v) is 5.37. The van der Waals surface area contributed by atoms with Gasteiger partial charge < -0.3 is 0 Å². The van der Waals surface area contributed by atoms with Crippen molar-refractivity contribution in [2.75, 3.05) is 0 Å². The van der Waals surface area contributed by atoms with Crippen LogP contribution in [-0.4, -0.2) is 15.6 Å². The highest BCUT2D eigenvalue weighted by atomic mass is 19.3. The summed E-state index contributed by atoms with van der Waals surface area (Å²) < 4.78 is 30.1. The Bertz CT molecular complexity index is 1020. The highest BCUT2D eigenvalue weighted by molar-refractivity contribution is 5.79. The molecule has 1 aromatic heterocycles. The van der Waals surface area contributed by atoms with Crippen LogP contribution in [-0.2, 0) is 16.5 Å². The molecule has 3 aromatic rings. The Morgan fingerprint density at radius 3 is 2.44 bits per heavy atom. The summed E-state index contributed by atoms with van der Waals surface area (Å²) in [4.78, 5) is 10.4. The topological polar surface area (TPSA) is 28.4 Å². The maximum atomic E-state index is 15.1. The molecular formula is C20H16F2N2O. The van der Waals surface area contributed by atoms with E-state index in [4.69, 9.17) is 4.84 Å². The molecule has 0 bridgehead atoms. The maximum Gasteiger partial charge on any atom is 0.293 e. The highest BCUT2D eigenvalue weighted by Crippen LogP contribution is 2.65. The zero-order chi connectivity index (χ0) is 17.4. The second-order valence-electron chi connectivity index (χ2n) is 7.13. The molecule has 25 heavy (non-hydrogen) atoms. The van der Waals surface area contributed by atoms with Crippen molar-refractivity contribution in [2.45, 2.75) is 31.0 Å². The van der Waals surface area contributed by atoms with Crippen molar-refractivity contribution in [2.24, 2.45) is 0 Å². The van der Waals surface area contributed by atoms with Gasteiger partial charge in [0.1, 0.15) is 5.54 Å². The second kappa shape index (κ2) is 4.42. The summed E-state index contributed by atoms with van der Waals surface area (Å²) in [5.74, 6) is -3.02. The summed E-state index contributed by atoms with van der Waals surface area (Å²) in [5.41, 5.74) is -0.338. The molecule has 1 saturated heterocycles. The number of alkyl halides is 2. The SMILES string of the molecule is CC1(C)N2OC2(c2cnc3ccccc3c2)c2ccccc2C1(F)F. The number of pyridine rings is 1. The number of aromatic nitrogens is 1. The second-order valence-corrected chi connectivity index (χ2v) is 7.13. The number of hydroxylamine groups is 2. The Morgan fingerprint density at radius 2 is 1.64 bits per heavy atom. The first kappa shape index (κ1) is 14.9. The summed E-state index contributed by atoms with van der Waals surface area (Å²) in [6.45, 7) is 3.03. The van der Waals surface area contributed by atoms with Gasteiger partial charge in [0.15, 0.2) is 0 Å². The van der Waals surface area contributed by atoms with E-state index in [9.17, 15) is 0 Å². The van der Waals surface area contributed by atoms with Gasteiger partial charge in [-0.15, -0.1) is 5.06 Å². The van der Waals surface area contributed by atoms with E-state index >= 15 is 8.78 Å². The average molecular weight is 338 g/mol. The minimum absolute atomic E-state index is 0.0157. The van der Waals surface area contributed by atoms with E-state index in [1.807, 2.05) is 30.3 Å². The first-order chi connectivity index (χ1) is 11.9. The van der Waals surface area contributed by atoms with E-state index in [1.54, 1.807) is 24.4 Å². The normalized spacial score (nSPS) is 28.2.